The van der Waals surface area contributed by atoms with E-state index in [1.54, 1.807) is 17.5 Å². The Morgan fingerprint density at radius 3 is 2.52 bits per heavy atom. The number of nitrogens with one attached hydrogen (secondary N) is 1. The Morgan fingerprint density at radius 2 is 1.78 bits per heavy atom. The molecule has 134 valence electrons. The van der Waals surface area contributed by atoms with Crippen LogP contribution in [0.15, 0.2) is 72.2 Å². The zero-order chi connectivity index (χ0) is 18.8. The fourth-order valence-electron chi connectivity index (χ4n) is 3.26. The van der Waals surface area contributed by atoms with E-state index in [9.17, 15) is 4.79 Å². The van der Waals surface area contributed by atoms with Crippen molar-refractivity contribution in [2.45, 2.75) is 13.8 Å². The quantitative estimate of drug-likeness (QED) is 0.515. The Morgan fingerprint density at radius 1 is 1.04 bits per heavy atom. The topological polar surface area (TPSA) is 46.9 Å². The predicted molar refractivity (Wildman–Crippen MR) is 111 cm³/mol. The van der Waals surface area contributed by atoms with Gasteiger partial charge in [-0.1, -0.05) is 48.5 Å². The van der Waals surface area contributed by atoms with Gasteiger partial charge in [-0.3, -0.25) is 9.36 Å². The van der Waals surface area contributed by atoms with Gasteiger partial charge in [0.05, 0.1) is 5.56 Å². The van der Waals surface area contributed by atoms with Gasteiger partial charge in [0, 0.05) is 34.2 Å². The van der Waals surface area contributed by atoms with Crippen LogP contribution in [0, 0.1) is 13.8 Å². The number of rotatable bonds is 4. The second-order valence-electron chi connectivity index (χ2n) is 6.30. The van der Waals surface area contributed by atoms with Gasteiger partial charge in [0.2, 0.25) is 0 Å². The fourth-order valence-corrected chi connectivity index (χ4v) is 4.02. The maximum absolute atomic E-state index is 13.0. The monoisotopic (exact) mass is 373 g/mol. The van der Waals surface area contributed by atoms with Crippen LogP contribution in [0.2, 0.25) is 0 Å². The number of hydrogen-bond donors (Lipinski definition) is 1. The van der Waals surface area contributed by atoms with Crippen LogP contribution in [0.5, 0.6) is 0 Å². The maximum Gasteiger partial charge on any atom is 0.257 e. The third kappa shape index (κ3) is 3.29. The number of para-hydroxylation sites is 1. The predicted octanol–water partition coefficient (Wildman–Crippen LogP) is 5.47. The van der Waals surface area contributed by atoms with Crippen molar-refractivity contribution in [2.24, 2.45) is 0 Å². The largest absolute Gasteiger partial charge is 0.321 e. The highest BCUT2D eigenvalue weighted by Crippen LogP contribution is 2.29. The summed E-state index contributed by atoms with van der Waals surface area (Å²) in [5, 5.41) is 5.89. The molecule has 0 bridgehead atoms. The fraction of sp³-hybridized carbons (Fsp3) is 0.0909. The summed E-state index contributed by atoms with van der Waals surface area (Å²) >= 11 is 1.55. The minimum absolute atomic E-state index is 0.116. The molecule has 5 heteroatoms. The van der Waals surface area contributed by atoms with Gasteiger partial charge in [0.1, 0.15) is 0 Å². The molecule has 1 N–H and O–H groups in total. The van der Waals surface area contributed by atoms with E-state index in [0.717, 1.165) is 33.3 Å². The van der Waals surface area contributed by atoms with E-state index in [4.69, 9.17) is 0 Å². The van der Waals surface area contributed by atoms with Gasteiger partial charge in [0.15, 0.2) is 5.13 Å². The molecule has 0 spiro atoms. The van der Waals surface area contributed by atoms with Crippen molar-refractivity contribution in [1.29, 1.82) is 0 Å². The van der Waals surface area contributed by atoms with E-state index in [0.29, 0.717) is 5.56 Å². The van der Waals surface area contributed by atoms with Crippen LogP contribution >= 0.6 is 11.3 Å². The van der Waals surface area contributed by atoms with Gasteiger partial charge >= 0.3 is 0 Å². The number of benzene rings is 2. The summed E-state index contributed by atoms with van der Waals surface area (Å²) in [5.41, 5.74) is 5.40. The number of thiazole rings is 1. The molecule has 0 saturated heterocycles. The first-order chi connectivity index (χ1) is 13.1. The molecule has 0 unspecified atom stereocenters. The molecule has 0 aliphatic rings. The van der Waals surface area contributed by atoms with Gasteiger partial charge in [-0.2, -0.15) is 0 Å². The molecule has 2 aromatic heterocycles. The average molecular weight is 373 g/mol. The Balaban J connectivity index is 1.68. The Labute approximate surface area is 162 Å². The SMILES string of the molecule is Cc1cc(C(=O)Nc2ccccc2-c2ccccc2)c(C)n1-c1nccs1. The van der Waals surface area contributed by atoms with Crippen LogP contribution in [0.4, 0.5) is 5.69 Å². The van der Waals surface area contributed by atoms with Gasteiger partial charge in [-0.05, 0) is 31.5 Å². The van der Waals surface area contributed by atoms with Crippen molar-refractivity contribution >= 4 is 22.9 Å². The zero-order valence-corrected chi connectivity index (χ0v) is 16.0. The smallest absolute Gasteiger partial charge is 0.257 e. The number of hydrogen-bond acceptors (Lipinski definition) is 3. The zero-order valence-electron chi connectivity index (χ0n) is 15.1. The maximum atomic E-state index is 13.0. The molecule has 2 heterocycles. The number of carbonyl (C=O) groups excluding carboxylic acids is 1. The highest BCUT2D eigenvalue weighted by atomic mass is 32.1. The molecule has 2 aromatic carbocycles. The lowest BCUT2D eigenvalue weighted by molar-refractivity contribution is 0.102. The molecule has 4 nitrogen and oxygen atoms in total. The normalized spacial score (nSPS) is 10.7. The van der Waals surface area contributed by atoms with Crippen LogP contribution in [0.3, 0.4) is 0 Å². The second kappa shape index (κ2) is 7.21. The number of aromatic nitrogens is 2. The van der Waals surface area contributed by atoms with Gasteiger partial charge in [0.25, 0.3) is 5.91 Å². The molecule has 0 radical (unpaired) electrons. The third-order valence-electron chi connectivity index (χ3n) is 4.55. The molecular formula is C22H19N3OS. The number of anilines is 1. The van der Waals surface area contributed by atoms with E-state index >= 15 is 0 Å². The second-order valence-corrected chi connectivity index (χ2v) is 7.17. The summed E-state index contributed by atoms with van der Waals surface area (Å²) in [4.78, 5) is 17.4. The minimum atomic E-state index is -0.116. The van der Waals surface area contributed by atoms with E-state index in [1.807, 2.05) is 84.5 Å². The van der Waals surface area contributed by atoms with Crippen molar-refractivity contribution in [3.8, 4) is 16.3 Å². The lowest BCUT2D eigenvalue weighted by atomic mass is 10.0. The molecule has 1 amide bonds. The Hall–Kier alpha value is -3.18. The van der Waals surface area contributed by atoms with Crippen molar-refractivity contribution in [1.82, 2.24) is 9.55 Å². The summed E-state index contributed by atoms with van der Waals surface area (Å²) in [7, 11) is 0. The summed E-state index contributed by atoms with van der Waals surface area (Å²) in [6.45, 7) is 3.94. The molecular weight excluding hydrogens is 354 g/mol. The molecule has 4 rings (SSSR count). The van der Waals surface area contributed by atoms with Gasteiger partial charge < -0.3 is 5.32 Å². The van der Waals surface area contributed by atoms with Crippen molar-refractivity contribution in [2.75, 3.05) is 5.32 Å². The lowest BCUT2D eigenvalue weighted by Gasteiger charge is -2.11. The number of nitrogens with zero attached hydrogens (tertiary/aromatic N) is 2. The molecule has 0 saturated carbocycles. The van der Waals surface area contributed by atoms with Crippen molar-refractivity contribution in [3.05, 3.63) is 89.2 Å². The molecule has 0 aliphatic carbocycles. The highest BCUT2D eigenvalue weighted by molar-refractivity contribution is 7.12. The summed E-state index contributed by atoms with van der Waals surface area (Å²) < 4.78 is 2.02. The third-order valence-corrected chi connectivity index (χ3v) is 5.30. The molecule has 4 aromatic rings. The Bertz CT molecular complexity index is 1080. The molecule has 0 fully saturated rings. The first-order valence-electron chi connectivity index (χ1n) is 8.70. The van der Waals surface area contributed by atoms with Crippen LogP contribution in [-0.2, 0) is 0 Å². The molecule has 27 heavy (non-hydrogen) atoms. The summed E-state index contributed by atoms with van der Waals surface area (Å²) in [6, 6.07) is 19.8. The highest BCUT2D eigenvalue weighted by Gasteiger charge is 2.18. The van der Waals surface area contributed by atoms with Crippen LogP contribution in [-0.4, -0.2) is 15.5 Å². The number of carbonyl (C=O) groups is 1. The van der Waals surface area contributed by atoms with Gasteiger partial charge in [-0.15, -0.1) is 11.3 Å². The number of aryl methyl sites for hydroxylation is 1. The van der Waals surface area contributed by atoms with E-state index in [1.165, 1.54) is 0 Å². The first kappa shape index (κ1) is 17.2. The molecule has 0 aliphatic heterocycles. The van der Waals surface area contributed by atoms with Gasteiger partial charge in [-0.25, -0.2) is 4.98 Å². The van der Waals surface area contributed by atoms with Crippen LogP contribution in [0.25, 0.3) is 16.3 Å². The lowest BCUT2D eigenvalue weighted by Crippen LogP contribution is -2.13. The molecule has 0 atom stereocenters. The van der Waals surface area contributed by atoms with Crippen molar-refractivity contribution < 1.29 is 4.79 Å². The van der Waals surface area contributed by atoms with E-state index in [-0.39, 0.29) is 5.91 Å². The standard InChI is InChI=1S/C22H19N3OS/c1-15-14-19(16(2)25(15)22-23-12-13-27-22)21(26)24-20-11-7-6-10-18(20)17-8-4-3-5-9-17/h3-14H,1-2H3,(H,24,26). The van der Waals surface area contributed by atoms with E-state index in [2.05, 4.69) is 10.3 Å². The Kier molecular flexibility index (Phi) is 4.60. The summed E-state index contributed by atoms with van der Waals surface area (Å²) in [5.74, 6) is -0.116. The summed E-state index contributed by atoms with van der Waals surface area (Å²) in [6.07, 6.45) is 1.77. The number of amides is 1. The van der Waals surface area contributed by atoms with E-state index < -0.39 is 0 Å². The van der Waals surface area contributed by atoms with Crippen LogP contribution < -0.4 is 5.32 Å². The average Bonchev–Trinajstić information content (AvgIpc) is 3.30. The minimum Gasteiger partial charge on any atom is -0.321 e. The van der Waals surface area contributed by atoms with Crippen LogP contribution in [0.1, 0.15) is 21.7 Å². The van der Waals surface area contributed by atoms with Crippen molar-refractivity contribution in [3.63, 3.8) is 0 Å². The first-order valence-corrected chi connectivity index (χ1v) is 9.57.